The molecule has 1 aliphatic rings. The Hall–Kier alpha value is -3.12. The van der Waals surface area contributed by atoms with Gasteiger partial charge in [0.2, 0.25) is 0 Å². The molecule has 1 amide bonds. The van der Waals surface area contributed by atoms with E-state index in [0.29, 0.717) is 37.5 Å². The van der Waals surface area contributed by atoms with E-state index in [1.54, 1.807) is 7.11 Å². The molecule has 0 aliphatic carbocycles. The smallest absolute Gasteiger partial charge is 0.257 e. The number of carbonyl (C=O) groups is 1. The van der Waals surface area contributed by atoms with Crippen LogP contribution in [-0.4, -0.2) is 53.5 Å². The molecule has 6 heteroatoms. The maximum absolute atomic E-state index is 13.5. The van der Waals surface area contributed by atoms with Crippen molar-refractivity contribution >= 4 is 5.91 Å². The zero-order valence-corrected chi connectivity index (χ0v) is 17.5. The first-order valence-corrected chi connectivity index (χ1v) is 10.3. The average Bonchev–Trinajstić information content (AvgIpc) is 3.23. The monoisotopic (exact) mass is 405 g/mol. The number of benzene rings is 2. The molecule has 0 bridgehead atoms. The minimum Gasteiger partial charge on any atom is -0.497 e. The molecule has 1 aliphatic heterocycles. The van der Waals surface area contributed by atoms with Gasteiger partial charge in [-0.2, -0.15) is 5.10 Å². The van der Waals surface area contributed by atoms with Crippen molar-refractivity contribution in [3.8, 4) is 17.0 Å². The summed E-state index contributed by atoms with van der Waals surface area (Å²) >= 11 is 0. The highest BCUT2D eigenvalue weighted by Crippen LogP contribution is 2.27. The number of amides is 1. The minimum atomic E-state index is -0.00567. The van der Waals surface area contributed by atoms with Crippen molar-refractivity contribution < 1.29 is 14.3 Å². The van der Waals surface area contributed by atoms with Crippen molar-refractivity contribution in [3.63, 3.8) is 0 Å². The van der Waals surface area contributed by atoms with Gasteiger partial charge in [0.15, 0.2) is 0 Å². The van der Waals surface area contributed by atoms with Gasteiger partial charge in [0.05, 0.1) is 31.9 Å². The molecule has 30 heavy (non-hydrogen) atoms. The summed E-state index contributed by atoms with van der Waals surface area (Å²) in [6.07, 6.45) is 2.84. The van der Waals surface area contributed by atoms with E-state index in [2.05, 4.69) is 19.1 Å². The molecule has 1 aromatic heterocycles. The highest BCUT2D eigenvalue weighted by atomic mass is 16.5. The Balaban J connectivity index is 1.70. The second kappa shape index (κ2) is 9.13. The van der Waals surface area contributed by atoms with Gasteiger partial charge in [0.1, 0.15) is 11.4 Å². The SMILES string of the molecule is CC[C@@H]1CN(C(=O)c2cn(Cc3ccccc3)nc2-c2cccc(OC)c2)CCO1. The lowest BCUT2D eigenvalue weighted by Crippen LogP contribution is -2.45. The first-order chi connectivity index (χ1) is 14.7. The molecule has 0 radical (unpaired) electrons. The third-order valence-electron chi connectivity index (χ3n) is 5.40. The van der Waals surface area contributed by atoms with Crippen molar-refractivity contribution in [2.45, 2.75) is 26.0 Å². The molecule has 1 saturated heterocycles. The molecule has 0 unspecified atom stereocenters. The van der Waals surface area contributed by atoms with E-state index in [4.69, 9.17) is 14.6 Å². The van der Waals surface area contributed by atoms with Gasteiger partial charge >= 0.3 is 0 Å². The summed E-state index contributed by atoms with van der Waals surface area (Å²) in [6.45, 7) is 4.45. The summed E-state index contributed by atoms with van der Waals surface area (Å²) in [5, 5.41) is 4.79. The molecule has 6 nitrogen and oxygen atoms in total. The van der Waals surface area contributed by atoms with Gasteiger partial charge in [-0.05, 0) is 24.1 Å². The van der Waals surface area contributed by atoms with Crippen LogP contribution in [0.2, 0.25) is 0 Å². The Morgan fingerprint density at radius 2 is 2.03 bits per heavy atom. The number of morpholine rings is 1. The second-order valence-electron chi connectivity index (χ2n) is 7.46. The van der Waals surface area contributed by atoms with Gasteiger partial charge in [-0.3, -0.25) is 9.48 Å². The van der Waals surface area contributed by atoms with Gasteiger partial charge < -0.3 is 14.4 Å². The van der Waals surface area contributed by atoms with Crippen LogP contribution in [-0.2, 0) is 11.3 Å². The summed E-state index contributed by atoms with van der Waals surface area (Å²) in [7, 11) is 1.64. The Labute approximate surface area is 177 Å². The summed E-state index contributed by atoms with van der Waals surface area (Å²) in [6, 6.07) is 17.8. The summed E-state index contributed by atoms with van der Waals surface area (Å²) in [5.74, 6) is 0.731. The molecule has 0 N–H and O–H groups in total. The summed E-state index contributed by atoms with van der Waals surface area (Å²) < 4.78 is 13.0. The number of methoxy groups -OCH3 is 1. The van der Waals surface area contributed by atoms with Crippen molar-refractivity contribution in [3.05, 3.63) is 71.9 Å². The molecule has 0 spiro atoms. The first kappa shape index (κ1) is 20.2. The number of nitrogens with zero attached hydrogens (tertiary/aromatic N) is 3. The van der Waals surface area contributed by atoms with Crippen molar-refractivity contribution in [1.82, 2.24) is 14.7 Å². The zero-order valence-electron chi connectivity index (χ0n) is 17.5. The largest absolute Gasteiger partial charge is 0.497 e. The lowest BCUT2D eigenvalue weighted by atomic mass is 10.1. The topological polar surface area (TPSA) is 56.6 Å². The Kier molecular flexibility index (Phi) is 6.14. The highest BCUT2D eigenvalue weighted by Gasteiger charge is 2.28. The molecule has 2 heterocycles. The van der Waals surface area contributed by atoms with Crippen LogP contribution in [0.4, 0.5) is 0 Å². The minimum absolute atomic E-state index is 0.00567. The van der Waals surface area contributed by atoms with E-state index in [1.807, 2.05) is 58.2 Å². The van der Waals surface area contributed by atoms with Gasteiger partial charge in [-0.25, -0.2) is 0 Å². The predicted octanol–water partition coefficient (Wildman–Crippen LogP) is 3.86. The van der Waals surface area contributed by atoms with Crippen molar-refractivity contribution in [2.75, 3.05) is 26.8 Å². The van der Waals surface area contributed by atoms with Crippen molar-refractivity contribution in [2.24, 2.45) is 0 Å². The molecular weight excluding hydrogens is 378 g/mol. The predicted molar refractivity (Wildman–Crippen MR) is 116 cm³/mol. The molecule has 0 saturated carbocycles. The van der Waals surface area contributed by atoms with E-state index in [-0.39, 0.29) is 12.0 Å². The van der Waals surface area contributed by atoms with E-state index >= 15 is 0 Å². The highest BCUT2D eigenvalue weighted by molar-refractivity contribution is 6.00. The van der Waals surface area contributed by atoms with Crippen LogP contribution in [0.25, 0.3) is 11.3 Å². The second-order valence-corrected chi connectivity index (χ2v) is 7.46. The molecule has 1 atom stereocenters. The van der Waals surface area contributed by atoms with Crippen LogP contribution in [0.5, 0.6) is 5.75 Å². The first-order valence-electron chi connectivity index (χ1n) is 10.3. The quantitative estimate of drug-likeness (QED) is 0.625. The standard InChI is InChI=1S/C24H27N3O3/c1-3-20-16-26(12-13-30-20)24(28)22-17-27(15-18-8-5-4-6-9-18)25-23(22)19-10-7-11-21(14-19)29-2/h4-11,14,17,20H,3,12-13,15-16H2,1-2H3/t20-/m1/s1. The van der Waals surface area contributed by atoms with Gasteiger partial charge in [-0.15, -0.1) is 0 Å². The number of ether oxygens (including phenoxy) is 2. The molecular formula is C24H27N3O3. The van der Waals surface area contributed by atoms with Crippen LogP contribution >= 0.6 is 0 Å². The fraction of sp³-hybridized carbons (Fsp3) is 0.333. The lowest BCUT2D eigenvalue weighted by molar-refractivity contribution is -0.0226. The summed E-state index contributed by atoms with van der Waals surface area (Å²) in [4.78, 5) is 15.3. The van der Waals surface area contributed by atoms with Crippen LogP contribution in [0, 0.1) is 0 Å². The number of rotatable bonds is 6. The zero-order chi connectivity index (χ0) is 20.9. The molecule has 2 aromatic carbocycles. The Morgan fingerprint density at radius 1 is 1.20 bits per heavy atom. The van der Waals surface area contributed by atoms with Gasteiger partial charge in [0.25, 0.3) is 5.91 Å². The maximum Gasteiger partial charge on any atom is 0.257 e. The Morgan fingerprint density at radius 3 is 2.80 bits per heavy atom. The van der Waals surface area contributed by atoms with E-state index in [0.717, 1.165) is 23.3 Å². The number of carbonyl (C=O) groups excluding carboxylic acids is 1. The van der Waals surface area contributed by atoms with Crippen LogP contribution in [0.1, 0.15) is 29.3 Å². The lowest BCUT2D eigenvalue weighted by Gasteiger charge is -2.32. The van der Waals surface area contributed by atoms with Gasteiger partial charge in [-0.1, -0.05) is 49.4 Å². The molecule has 4 rings (SSSR count). The number of hydrogen-bond acceptors (Lipinski definition) is 4. The van der Waals surface area contributed by atoms with E-state index < -0.39 is 0 Å². The molecule has 3 aromatic rings. The van der Waals surface area contributed by atoms with Crippen LogP contribution < -0.4 is 4.74 Å². The van der Waals surface area contributed by atoms with Gasteiger partial charge in [0, 0.05) is 24.8 Å². The van der Waals surface area contributed by atoms with Crippen LogP contribution in [0.3, 0.4) is 0 Å². The van der Waals surface area contributed by atoms with Crippen molar-refractivity contribution in [1.29, 1.82) is 0 Å². The fourth-order valence-electron chi connectivity index (χ4n) is 3.73. The third kappa shape index (κ3) is 4.39. The number of hydrogen-bond donors (Lipinski definition) is 0. The average molecular weight is 405 g/mol. The van der Waals surface area contributed by atoms with E-state index in [9.17, 15) is 4.79 Å². The fourth-order valence-corrected chi connectivity index (χ4v) is 3.73. The molecule has 156 valence electrons. The molecule has 1 fully saturated rings. The maximum atomic E-state index is 13.5. The van der Waals surface area contributed by atoms with Crippen LogP contribution in [0.15, 0.2) is 60.8 Å². The normalized spacial score (nSPS) is 16.5. The third-order valence-corrected chi connectivity index (χ3v) is 5.40. The van der Waals surface area contributed by atoms with E-state index in [1.165, 1.54) is 0 Å². The Bertz CT molecular complexity index is 1000. The summed E-state index contributed by atoms with van der Waals surface area (Å²) in [5.41, 5.74) is 3.28. The number of aromatic nitrogens is 2.